The van der Waals surface area contributed by atoms with E-state index >= 15 is 0 Å². The van der Waals surface area contributed by atoms with Gasteiger partial charge in [-0.15, -0.1) is 11.8 Å². The maximum absolute atomic E-state index is 11.9. The van der Waals surface area contributed by atoms with Gasteiger partial charge in [-0.2, -0.15) is 0 Å². The zero-order valence-electron chi connectivity index (χ0n) is 13.3. The third-order valence-corrected chi connectivity index (χ3v) is 4.15. The van der Waals surface area contributed by atoms with Crippen LogP contribution in [0.5, 0.6) is 0 Å². The van der Waals surface area contributed by atoms with Crippen molar-refractivity contribution in [2.45, 2.75) is 31.9 Å². The van der Waals surface area contributed by atoms with Crippen molar-refractivity contribution in [3.63, 3.8) is 0 Å². The fourth-order valence-corrected chi connectivity index (χ4v) is 2.50. The van der Waals surface area contributed by atoms with E-state index in [4.69, 9.17) is 5.11 Å². The molecule has 0 saturated carbocycles. The first-order valence-corrected chi connectivity index (χ1v) is 8.41. The second-order valence-electron chi connectivity index (χ2n) is 5.16. The van der Waals surface area contributed by atoms with E-state index in [1.165, 1.54) is 11.8 Å². The predicted octanol–water partition coefficient (Wildman–Crippen LogP) is 2.04. The van der Waals surface area contributed by atoms with Crippen molar-refractivity contribution in [1.29, 1.82) is 0 Å². The Labute approximate surface area is 140 Å². The Morgan fingerprint density at radius 1 is 1.30 bits per heavy atom. The molecule has 1 rings (SSSR count). The van der Waals surface area contributed by atoms with Crippen LogP contribution in [0.2, 0.25) is 0 Å². The quantitative estimate of drug-likeness (QED) is 0.599. The molecule has 0 radical (unpaired) electrons. The molecule has 0 heterocycles. The number of carboxylic acids is 1. The number of aliphatic carboxylic acids is 1. The topological polar surface area (TPSA) is 95.5 Å². The van der Waals surface area contributed by atoms with Crippen molar-refractivity contribution in [3.05, 3.63) is 29.8 Å². The minimum absolute atomic E-state index is 0.0285. The molecule has 1 aromatic rings. The first kappa shape index (κ1) is 19.0. The van der Waals surface area contributed by atoms with Crippen molar-refractivity contribution in [2.75, 3.05) is 17.6 Å². The molecular weight excluding hydrogens is 316 g/mol. The molecule has 1 aromatic carbocycles. The molecule has 0 fully saturated rings. The molecule has 3 N–H and O–H groups in total. The summed E-state index contributed by atoms with van der Waals surface area (Å²) in [5.74, 6) is -1.05. The summed E-state index contributed by atoms with van der Waals surface area (Å²) >= 11 is 1.24. The molecular formula is C16H22N2O4S. The van der Waals surface area contributed by atoms with Gasteiger partial charge in [-0.05, 0) is 38.0 Å². The van der Waals surface area contributed by atoms with Crippen LogP contribution in [0.3, 0.4) is 0 Å². The number of benzene rings is 1. The highest BCUT2D eigenvalue weighted by Gasteiger charge is 2.15. The Bertz CT molecular complexity index is 563. The van der Waals surface area contributed by atoms with E-state index in [0.29, 0.717) is 13.0 Å². The minimum Gasteiger partial charge on any atom is -0.481 e. The fraction of sp³-hybridized carbons (Fsp3) is 0.438. The van der Waals surface area contributed by atoms with Crippen LogP contribution in [0, 0.1) is 6.92 Å². The molecule has 0 bridgehead atoms. The molecule has 0 aliphatic rings. The SMILES string of the molecule is Cc1cccc(NC(=O)CSC(C)C(=O)NCCCC(=O)O)c1. The lowest BCUT2D eigenvalue weighted by molar-refractivity contribution is -0.137. The molecule has 0 aliphatic carbocycles. The normalized spacial score (nSPS) is 11.6. The van der Waals surface area contributed by atoms with Gasteiger partial charge in [0.15, 0.2) is 0 Å². The highest BCUT2D eigenvalue weighted by Crippen LogP contribution is 2.13. The Balaban J connectivity index is 2.26. The van der Waals surface area contributed by atoms with Gasteiger partial charge in [0.25, 0.3) is 0 Å². The van der Waals surface area contributed by atoms with Crippen LogP contribution >= 0.6 is 11.8 Å². The molecule has 23 heavy (non-hydrogen) atoms. The number of thioether (sulfide) groups is 1. The summed E-state index contributed by atoms with van der Waals surface area (Å²) in [6.45, 7) is 3.99. The van der Waals surface area contributed by atoms with E-state index in [0.717, 1.165) is 11.3 Å². The summed E-state index contributed by atoms with van der Waals surface area (Å²) in [4.78, 5) is 34.0. The number of carboxylic acid groups (broad SMARTS) is 1. The number of hydrogen-bond donors (Lipinski definition) is 3. The van der Waals surface area contributed by atoms with Gasteiger partial charge >= 0.3 is 5.97 Å². The minimum atomic E-state index is -0.880. The van der Waals surface area contributed by atoms with Gasteiger partial charge < -0.3 is 15.7 Å². The van der Waals surface area contributed by atoms with Gasteiger partial charge in [0, 0.05) is 18.7 Å². The molecule has 7 heteroatoms. The summed E-state index contributed by atoms with van der Waals surface area (Å²) < 4.78 is 0. The van der Waals surface area contributed by atoms with Gasteiger partial charge in [0.1, 0.15) is 0 Å². The van der Waals surface area contributed by atoms with Crippen molar-refractivity contribution in [1.82, 2.24) is 5.32 Å². The standard InChI is InChI=1S/C16H22N2O4S/c1-11-5-3-6-13(9-11)18-14(19)10-23-12(2)16(22)17-8-4-7-15(20)21/h3,5-6,9,12H,4,7-8,10H2,1-2H3,(H,17,22)(H,18,19)(H,20,21). The van der Waals surface area contributed by atoms with Crippen LogP contribution in [-0.4, -0.2) is 40.4 Å². The van der Waals surface area contributed by atoms with Crippen molar-refractivity contribution < 1.29 is 19.5 Å². The molecule has 0 spiro atoms. The second-order valence-corrected chi connectivity index (χ2v) is 6.49. The molecule has 1 unspecified atom stereocenters. The van der Waals surface area contributed by atoms with E-state index in [9.17, 15) is 14.4 Å². The van der Waals surface area contributed by atoms with Gasteiger partial charge in [0.2, 0.25) is 11.8 Å². The van der Waals surface area contributed by atoms with E-state index < -0.39 is 5.97 Å². The lowest BCUT2D eigenvalue weighted by Gasteiger charge is -2.12. The highest BCUT2D eigenvalue weighted by molar-refractivity contribution is 8.01. The lowest BCUT2D eigenvalue weighted by Crippen LogP contribution is -2.32. The second kappa shape index (κ2) is 9.89. The number of aryl methyl sites for hydroxylation is 1. The largest absolute Gasteiger partial charge is 0.481 e. The van der Waals surface area contributed by atoms with Gasteiger partial charge in [-0.25, -0.2) is 0 Å². The maximum atomic E-state index is 11.9. The number of nitrogens with one attached hydrogen (secondary N) is 2. The molecule has 0 saturated heterocycles. The highest BCUT2D eigenvalue weighted by atomic mass is 32.2. The summed E-state index contributed by atoms with van der Waals surface area (Å²) in [5.41, 5.74) is 1.80. The Kier molecular flexibility index (Phi) is 8.18. The lowest BCUT2D eigenvalue weighted by atomic mass is 10.2. The molecule has 126 valence electrons. The zero-order chi connectivity index (χ0) is 17.2. The van der Waals surface area contributed by atoms with Crippen molar-refractivity contribution in [2.24, 2.45) is 0 Å². The van der Waals surface area contributed by atoms with E-state index in [1.807, 2.05) is 31.2 Å². The maximum Gasteiger partial charge on any atom is 0.303 e. The van der Waals surface area contributed by atoms with Crippen LogP contribution in [0.1, 0.15) is 25.3 Å². The number of carbonyl (C=O) groups excluding carboxylic acids is 2. The van der Waals surface area contributed by atoms with Crippen LogP contribution < -0.4 is 10.6 Å². The smallest absolute Gasteiger partial charge is 0.303 e. The third-order valence-electron chi connectivity index (χ3n) is 3.00. The summed E-state index contributed by atoms with van der Waals surface area (Å²) in [5, 5.41) is 13.6. The van der Waals surface area contributed by atoms with Crippen LogP contribution in [0.4, 0.5) is 5.69 Å². The number of anilines is 1. The van der Waals surface area contributed by atoms with Gasteiger partial charge in [-0.1, -0.05) is 12.1 Å². The average Bonchev–Trinajstić information content (AvgIpc) is 2.48. The fourth-order valence-electron chi connectivity index (χ4n) is 1.79. The Morgan fingerprint density at radius 3 is 2.70 bits per heavy atom. The first-order chi connectivity index (χ1) is 10.9. The van der Waals surface area contributed by atoms with E-state index in [2.05, 4.69) is 10.6 Å². The zero-order valence-corrected chi connectivity index (χ0v) is 14.1. The molecule has 2 amide bonds. The predicted molar refractivity (Wildman–Crippen MR) is 91.6 cm³/mol. The van der Waals surface area contributed by atoms with Crippen LogP contribution in [0.15, 0.2) is 24.3 Å². The Morgan fingerprint density at radius 2 is 2.04 bits per heavy atom. The van der Waals surface area contributed by atoms with Crippen molar-refractivity contribution >= 4 is 35.2 Å². The van der Waals surface area contributed by atoms with Crippen LogP contribution in [0.25, 0.3) is 0 Å². The summed E-state index contributed by atoms with van der Waals surface area (Å²) in [6.07, 6.45) is 0.424. The third kappa shape index (κ3) is 8.25. The van der Waals surface area contributed by atoms with Gasteiger partial charge in [-0.3, -0.25) is 14.4 Å². The van der Waals surface area contributed by atoms with Crippen molar-refractivity contribution in [3.8, 4) is 0 Å². The number of rotatable bonds is 9. The molecule has 0 aliphatic heterocycles. The summed E-state index contributed by atoms with van der Waals surface area (Å²) in [7, 11) is 0. The number of carbonyl (C=O) groups is 3. The summed E-state index contributed by atoms with van der Waals surface area (Å²) in [6, 6.07) is 7.50. The molecule has 6 nitrogen and oxygen atoms in total. The van der Waals surface area contributed by atoms with E-state index in [-0.39, 0.29) is 29.2 Å². The monoisotopic (exact) mass is 338 g/mol. The Hall–Kier alpha value is -2.02. The first-order valence-electron chi connectivity index (χ1n) is 7.36. The molecule has 1 atom stereocenters. The average molecular weight is 338 g/mol. The van der Waals surface area contributed by atoms with Crippen LogP contribution in [-0.2, 0) is 14.4 Å². The van der Waals surface area contributed by atoms with Gasteiger partial charge in [0.05, 0.1) is 11.0 Å². The number of hydrogen-bond acceptors (Lipinski definition) is 4. The van der Waals surface area contributed by atoms with E-state index in [1.54, 1.807) is 6.92 Å². The number of amides is 2. The molecule has 0 aromatic heterocycles.